The molecule has 0 aromatic heterocycles. The maximum absolute atomic E-state index is 12.2. The Labute approximate surface area is 126 Å². The lowest BCUT2D eigenvalue weighted by Crippen LogP contribution is -2.49. The van der Waals surface area contributed by atoms with E-state index in [4.69, 9.17) is 15.2 Å². The summed E-state index contributed by atoms with van der Waals surface area (Å²) in [5.74, 6) is -0.752. The number of carbonyl (C=O) groups excluding carboxylic acids is 1. The molecule has 1 heterocycles. The summed E-state index contributed by atoms with van der Waals surface area (Å²) in [6.45, 7) is 1.28. The van der Waals surface area contributed by atoms with Crippen LogP contribution in [0.4, 0.5) is 0 Å². The van der Waals surface area contributed by atoms with Gasteiger partial charge >= 0.3 is 0 Å². The molecular weight excluding hydrogens is 322 g/mol. The Morgan fingerprint density at radius 1 is 1.10 bits per heavy atom. The van der Waals surface area contributed by atoms with E-state index < -0.39 is 11.2 Å². The standard InChI is InChI=1S/C15H18BrNO3/c16-12-4-2-1-3-11(12)14(13(17)18)5-7-15(8-6-14)19-9-10-20-15/h1-4H,5-10H2,(H2,17,18). The van der Waals surface area contributed by atoms with E-state index in [0.29, 0.717) is 38.9 Å². The number of ether oxygens (including phenoxy) is 2. The van der Waals surface area contributed by atoms with Crippen LogP contribution >= 0.6 is 15.9 Å². The molecule has 1 saturated carbocycles. The van der Waals surface area contributed by atoms with Crippen molar-refractivity contribution in [2.24, 2.45) is 5.73 Å². The Hall–Kier alpha value is -0.910. The summed E-state index contributed by atoms with van der Waals surface area (Å²) in [5, 5.41) is 0. The first-order chi connectivity index (χ1) is 9.58. The molecule has 2 fully saturated rings. The molecule has 20 heavy (non-hydrogen) atoms. The molecular formula is C15H18BrNO3. The molecule has 108 valence electrons. The van der Waals surface area contributed by atoms with Crippen molar-refractivity contribution in [2.75, 3.05) is 13.2 Å². The minimum absolute atomic E-state index is 0.266. The minimum atomic E-state index is -0.624. The number of hydrogen-bond acceptors (Lipinski definition) is 3. The number of carbonyl (C=O) groups is 1. The highest BCUT2D eigenvalue weighted by Gasteiger charge is 2.50. The van der Waals surface area contributed by atoms with E-state index in [1.165, 1.54) is 0 Å². The van der Waals surface area contributed by atoms with Gasteiger partial charge in [0.2, 0.25) is 5.91 Å². The highest BCUT2D eigenvalue weighted by molar-refractivity contribution is 9.10. The number of hydrogen-bond donors (Lipinski definition) is 1. The lowest BCUT2D eigenvalue weighted by molar-refractivity contribution is -0.186. The zero-order chi connectivity index (χ0) is 14.2. The monoisotopic (exact) mass is 339 g/mol. The van der Waals surface area contributed by atoms with Crippen LogP contribution in [0.5, 0.6) is 0 Å². The normalized spacial score (nSPS) is 23.9. The summed E-state index contributed by atoms with van der Waals surface area (Å²) < 4.78 is 12.4. The molecule has 5 heteroatoms. The zero-order valence-electron chi connectivity index (χ0n) is 11.2. The molecule has 1 spiro atoms. The van der Waals surface area contributed by atoms with Crippen molar-refractivity contribution >= 4 is 21.8 Å². The molecule has 0 atom stereocenters. The van der Waals surface area contributed by atoms with Crippen LogP contribution in [0.1, 0.15) is 31.2 Å². The Balaban J connectivity index is 1.92. The van der Waals surface area contributed by atoms with Gasteiger partial charge in [0.15, 0.2) is 5.79 Å². The minimum Gasteiger partial charge on any atom is -0.369 e. The Kier molecular flexibility index (Phi) is 3.60. The first-order valence-corrected chi connectivity index (χ1v) is 7.70. The number of halogens is 1. The second kappa shape index (κ2) is 5.13. The van der Waals surface area contributed by atoms with E-state index in [1.54, 1.807) is 0 Å². The summed E-state index contributed by atoms with van der Waals surface area (Å²) >= 11 is 3.54. The molecule has 2 aliphatic rings. The first kappa shape index (κ1) is 14.0. The fourth-order valence-corrected chi connectivity index (χ4v) is 4.01. The fraction of sp³-hybridized carbons (Fsp3) is 0.533. The van der Waals surface area contributed by atoms with Crippen LogP contribution in [0, 0.1) is 0 Å². The molecule has 0 bridgehead atoms. The second-order valence-corrected chi connectivity index (χ2v) is 6.39. The van der Waals surface area contributed by atoms with Gasteiger partial charge in [-0.2, -0.15) is 0 Å². The third kappa shape index (κ3) is 2.18. The van der Waals surface area contributed by atoms with Gasteiger partial charge in [-0.1, -0.05) is 34.1 Å². The van der Waals surface area contributed by atoms with Crippen molar-refractivity contribution < 1.29 is 14.3 Å². The van der Waals surface area contributed by atoms with E-state index in [0.717, 1.165) is 10.0 Å². The van der Waals surface area contributed by atoms with E-state index in [1.807, 2.05) is 24.3 Å². The summed E-state index contributed by atoms with van der Waals surface area (Å²) in [6, 6.07) is 7.81. The van der Waals surface area contributed by atoms with E-state index in [-0.39, 0.29) is 5.91 Å². The lowest BCUT2D eigenvalue weighted by atomic mass is 9.67. The van der Waals surface area contributed by atoms with Crippen LogP contribution in [0.3, 0.4) is 0 Å². The lowest BCUT2D eigenvalue weighted by Gasteiger charge is -2.42. The Bertz CT molecular complexity index is 516. The van der Waals surface area contributed by atoms with Crippen LogP contribution in [-0.2, 0) is 19.7 Å². The molecule has 2 N–H and O–H groups in total. The van der Waals surface area contributed by atoms with Crippen LogP contribution in [0.25, 0.3) is 0 Å². The van der Waals surface area contributed by atoms with Crippen molar-refractivity contribution in [1.29, 1.82) is 0 Å². The molecule has 1 aromatic rings. The third-order valence-electron chi connectivity index (χ3n) is 4.54. The van der Waals surface area contributed by atoms with Crippen LogP contribution < -0.4 is 5.73 Å². The average molecular weight is 340 g/mol. The fourth-order valence-electron chi connectivity index (χ4n) is 3.34. The van der Waals surface area contributed by atoms with Gasteiger partial charge < -0.3 is 15.2 Å². The zero-order valence-corrected chi connectivity index (χ0v) is 12.8. The Morgan fingerprint density at radius 3 is 2.25 bits per heavy atom. The van der Waals surface area contributed by atoms with Gasteiger partial charge in [-0.05, 0) is 24.5 Å². The summed E-state index contributed by atoms with van der Waals surface area (Å²) in [7, 11) is 0. The van der Waals surface area contributed by atoms with Gasteiger partial charge in [-0.15, -0.1) is 0 Å². The largest absolute Gasteiger partial charge is 0.369 e. The highest BCUT2D eigenvalue weighted by atomic mass is 79.9. The van der Waals surface area contributed by atoms with Crippen molar-refractivity contribution in [2.45, 2.75) is 36.9 Å². The molecule has 0 radical (unpaired) electrons. The number of primary amides is 1. The number of benzene rings is 1. The maximum atomic E-state index is 12.2. The summed E-state index contributed by atoms with van der Waals surface area (Å²) in [5.41, 5.74) is 6.10. The van der Waals surface area contributed by atoms with E-state index in [9.17, 15) is 4.79 Å². The van der Waals surface area contributed by atoms with Crippen molar-refractivity contribution in [3.8, 4) is 0 Å². The SMILES string of the molecule is NC(=O)C1(c2ccccc2Br)CCC2(CC1)OCCO2. The quantitative estimate of drug-likeness (QED) is 0.900. The maximum Gasteiger partial charge on any atom is 0.228 e. The van der Waals surface area contributed by atoms with Gasteiger partial charge in [-0.3, -0.25) is 4.79 Å². The van der Waals surface area contributed by atoms with Gasteiger partial charge in [0.1, 0.15) is 0 Å². The number of rotatable bonds is 2. The van der Waals surface area contributed by atoms with Crippen LogP contribution in [0.2, 0.25) is 0 Å². The highest BCUT2D eigenvalue weighted by Crippen LogP contribution is 2.47. The smallest absolute Gasteiger partial charge is 0.228 e. The van der Waals surface area contributed by atoms with Crippen molar-refractivity contribution in [1.82, 2.24) is 0 Å². The molecule has 4 nitrogen and oxygen atoms in total. The van der Waals surface area contributed by atoms with Crippen molar-refractivity contribution in [3.05, 3.63) is 34.3 Å². The predicted octanol–water partition coefficient (Wildman–Crippen LogP) is 2.49. The first-order valence-electron chi connectivity index (χ1n) is 6.91. The van der Waals surface area contributed by atoms with Gasteiger partial charge in [0.05, 0.1) is 18.6 Å². The number of nitrogens with two attached hydrogens (primary N) is 1. The van der Waals surface area contributed by atoms with Crippen LogP contribution in [-0.4, -0.2) is 24.9 Å². The summed E-state index contributed by atoms with van der Waals surface area (Å²) in [6.07, 6.45) is 2.73. The molecule has 1 saturated heterocycles. The molecule has 0 unspecified atom stereocenters. The molecule has 1 aliphatic carbocycles. The van der Waals surface area contributed by atoms with Gasteiger partial charge in [0, 0.05) is 17.3 Å². The van der Waals surface area contributed by atoms with Crippen LogP contribution in [0.15, 0.2) is 28.7 Å². The predicted molar refractivity (Wildman–Crippen MR) is 78.1 cm³/mol. The molecule has 3 rings (SSSR count). The van der Waals surface area contributed by atoms with E-state index >= 15 is 0 Å². The van der Waals surface area contributed by atoms with Gasteiger partial charge in [0.25, 0.3) is 0 Å². The molecule has 1 amide bonds. The Morgan fingerprint density at radius 2 is 1.70 bits per heavy atom. The molecule has 1 aromatic carbocycles. The summed E-state index contributed by atoms with van der Waals surface area (Å²) in [4.78, 5) is 12.2. The average Bonchev–Trinajstić information content (AvgIpc) is 2.89. The van der Waals surface area contributed by atoms with Crippen molar-refractivity contribution in [3.63, 3.8) is 0 Å². The molecule has 1 aliphatic heterocycles. The third-order valence-corrected chi connectivity index (χ3v) is 5.23. The second-order valence-electron chi connectivity index (χ2n) is 5.53. The topological polar surface area (TPSA) is 61.6 Å². The van der Waals surface area contributed by atoms with Gasteiger partial charge in [-0.25, -0.2) is 0 Å². The van der Waals surface area contributed by atoms with E-state index in [2.05, 4.69) is 15.9 Å². The number of amides is 1.